The van der Waals surface area contributed by atoms with Crippen molar-refractivity contribution in [3.05, 3.63) is 54.6 Å². The number of nitrogens with zero attached hydrogens (tertiary/aromatic N) is 1. The number of methoxy groups -OCH3 is 1. The summed E-state index contributed by atoms with van der Waals surface area (Å²) in [6, 6.07) is 14.9. The first kappa shape index (κ1) is 16.3. The molecule has 2 aromatic carbocycles. The number of aliphatic hydroxyl groups is 1. The van der Waals surface area contributed by atoms with Gasteiger partial charge < -0.3 is 9.84 Å². The van der Waals surface area contributed by atoms with Crippen LogP contribution in [-0.2, 0) is 10.0 Å². The molecule has 0 aliphatic carbocycles. The van der Waals surface area contributed by atoms with Crippen molar-refractivity contribution in [3.8, 4) is 5.75 Å². The smallest absolute Gasteiger partial charge is 0.264 e. The van der Waals surface area contributed by atoms with Gasteiger partial charge in [-0.1, -0.05) is 18.2 Å². The summed E-state index contributed by atoms with van der Waals surface area (Å²) in [7, 11) is -2.24. The minimum Gasteiger partial charge on any atom is -0.497 e. The Morgan fingerprint density at radius 2 is 1.68 bits per heavy atom. The van der Waals surface area contributed by atoms with Crippen LogP contribution in [-0.4, -0.2) is 33.3 Å². The normalized spacial score (nSPS) is 12.7. The van der Waals surface area contributed by atoms with Crippen molar-refractivity contribution >= 4 is 15.7 Å². The maximum Gasteiger partial charge on any atom is 0.264 e. The SMILES string of the molecule is COc1ccc(S(=O)(=O)N(CC(C)O)c2ccccc2)cc1. The van der Waals surface area contributed by atoms with E-state index in [2.05, 4.69) is 0 Å². The predicted molar refractivity (Wildman–Crippen MR) is 85.6 cm³/mol. The third kappa shape index (κ3) is 3.58. The number of rotatable bonds is 6. The lowest BCUT2D eigenvalue weighted by Crippen LogP contribution is -2.36. The van der Waals surface area contributed by atoms with E-state index in [0.29, 0.717) is 11.4 Å². The molecule has 0 aliphatic rings. The zero-order chi connectivity index (χ0) is 16.2. The number of hydrogen-bond acceptors (Lipinski definition) is 4. The van der Waals surface area contributed by atoms with Crippen molar-refractivity contribution in [2.45, 2.75) is 17.9 Å². The van der Waals surface area contributed by atoms with Crippen LogP contribution in [0.2, 0.25) is 0 Å². The molecule has 118 valence electrons. The van der Waals surface area contributed by atoms with Crippen molar-refractivity contribution in [3.63, 3.8) is 0 Å². The molecule has 6 heteroatoms. The molecule has 0 heterocycles. The molecule has 0 radical (unpaired) electrons. The van der Waals surface area contributed by atoms with Crippen LogP contribution in [0, 0.1) is 0 Å². The van der Waals surface area contributed by atoms with Crippen molar-refractivity contribution in [1.29, 1.82) is 0 Å². The van der Waals surface area contributed by atoms with Gasteiger partial charge in [0.2, 0.25) is 0 Å². The van der Waals surface area contributed by atoms with Crippen molar-refractivity contribution in [2.75, 3.05) is 18.0 Å². The lowest BCUT2D eigenvalue weighted by atomic mass is 10.3. The number of aliphatic hydroxyl groups excluding tert-OH is 1. The molecule has 0 spiro atoms. The number of benzene rings is 2. The molecule has 0 aliphatic heterocycles. The van der Waals surface area contributed by atoms with Crippen molar-refractivity contribution in [2.24, 2.45) is 0 Å². The minimum absolute atomic E-state index is 0.0155. The molecule has 1 N–H and O–H groups in total. The highest BCUT2D eigenvalue weighted by Gasteiger charge is 2.26. The zero-order valence-electron chi connectivity index (χ0n) is 12.5. The van der Waals surface area contributed by atoms with E-state index >= 15 is 0 Å². The van der Waals surface area contributed by atoms with Crippen LogP contribution < -0.4 is 9.04 Å². The Labute approximate surface area is 130 Å². The van der Waals surface area contributed by atoms with E-state index in [4.69, 9.17) is 4.74 Å². The van der Waals surface area contributed by atoms with Gasteiger partial charge in [0.25, 0.3) is 10.0 Å². The average Bonchev–Trinajstić information content (AvgIpc) is 2.53. The third-order valence-corrected chi connectivity index (χ3v) is 4.93. The Kier molecular flexibility index (Phi) is 5.05. The molecule has 1 atom stereocenters. The summed E-state index contributed by atoms with van der Waals surface area (Å²) < 4.78 is 31.9. The van der Waals surface area contributed by atoms with Gasteiger partial charge in [0.05, 0.1) is 30.3 Å². The molecule has 2 aromatic rings. The Bertz CT molecular complexity index is 697. The van der Waals surface area contributed by atoms with E-state index in [-0.39, 0.29) is 11.4 Å². The molecular weight excluding hydrogens is 302 g/mol. The molecular formula is C16H19NO4S. The summed E-state index contributed by atoms with van der Waals surface area (Å²) in [5.41, 5.74) is 0.513. The fourth-order valence-electron chi connectivity index (χ4n) is 2.05. The van der Waals surface area contributed by atoms with Gasteiger partial charge >= 0.3 is 0 Å². The highest BCUT2D eigenvalue weighted by atomic mass is 32.2. The number of sulfonamides is 1. The Balaban J connectivity index is 2.44. The topological polar surface area (TPSA) is 66.8 Å². The van der Waals surface area contributed by atoms with Crippen LogP contribution in [0.4, 0.5) is 5.69 Å². The second-order valence-corrected chi connectivity index (χ2v) is 6.76. The maximum atomic E-state index is 12.8. The fraction of sp³-hybridized carbons (Fsp3) is 0.250. The number of para-hydroxylation sites is 1. The predicted octanol–water partition coefficient (Wildman–Crippen LogP) is 2.27. The van der Waals surface area contributed by atoms with E-state index in [1.165, 1.54) is 23.5 Å². The highest BCUT2D eigenvalue weighted by molar-refractivity contribution is 7.92. The molecule has 0 saturated heterocycles. The van der Waals surface area contributed by atoms with Gasteiger partial charge in [-0.3, -0.25) is 4.31 Å². The van der Waals surface area contributed by atoms with E-state index in [9.17, 15) is 13.5 Å². The zero-order valence-corrected chi connectivity index (χ0v) is 13.3. The first-order valence-corrected chi connectivity index (χ1v) is 8.29. The van der Waals surface area contributed by atoms with Crippen LogP contribution >= 0.6 is 0 Å². The Hall–Kier alpha value is -2.05. The lowest BCUT2D eigenvalue weighted by Gasteiger charge is -2.25. The van der Waals surface area contributed by atoms with E-state index in [0.717, 1.165) is 0 Å². The first-order chi connectivity index (χ1) is 10.4. The molecule has 0 bridgehead atoms. The van der Waals surface area contributed by atoms with E-state index < -0.39 is 16.1 Å². The Morgan fingerprint density at radius 3 is 2.18 bits per heavy atom. The Morgan fingerprint density at radius 1 is 1.09 bits per heavy atom. The molecule has 1 unspecified atom stereocenters. The van der Waals surface area contributed by atoms with Crippen LogP contribution in [0.5, 0.6) is 5.75 Å². The summed E-state index contributed by atoms with van der Waals surface area (Å²) in [6.07, 6.45) is -0.784. The van der Waals surface area contributed by atoms with Crippen LogP contribution in [0.3, 0.4) is 0 Å². The fourth-order valence-corrected chi connectivity index (χ4v) is 3.60. The summed E-state index contributed by atoms with van der Waals surface area (Å²) in [6.45, 7) is 1.54. The number of hydrogen-bond donors (Lipinski definition) is 1. The second kappa shape index (κ2) is 6.81. The molecule has 22 heavy (non-hydrogen) atoms. The van der Waals surface area contributed by atoms with Crippen LogP contribution in [0.1, 0.15) is 6.92 Å². The molecule has 0 amide bonds. The van der Waals surface area contributed by atoms with E-state index in [1.807, 2.05) is 6.07 Å². The maximum absolute atomic E-state index is 12.8. The van der Waals surface area contributed by atoms with Crippen molar-refractivity contribution < 1.29 is 18.3 Å². The van der Waals surface area contributed by atoms with Gasteiger partial charge in [-0.2, -0.15) is 0 Å². The monoisotopic (exact) mass is 321 g/mol. The van der Waals surface area contributed by atoms with Gasteiger partial charge in [0, 0.05) is 0 Å². The summed E-state index contributed by atoms with van der Waals surface area (Å²) in [4.78, 5) is 0.151. The van der Waals surface area contributed by atoms with Gasteiger partial charge in [-0.15, -0.1) is 0 Å². The van der Waals surface area contributed by atoms with Gasteiger partial charge in [-0.05, 0) is 43.3 Å². The first-order valence-electron chi connectivity index (χ1n) is 6.85. The van der Waals surface area contributed by atoms with Gasteiger partial charge in [0.1, 0.15) is 5.75 Å². The largest absolute Gasteiger partial charge is 0.497 e. The number of anilines is 1. The van der Waals surface area contributed by atoms with E-state index in [1.54, 1.807) is 43.3 Å². The molecule has 5 nitrogen and oxygen atoms in total. The summed E-state index contributed by atoms with van der Waals surface area (Å²) in [5, 5.41) is 9.65. The van der Waals surface area contributed by atoms with Crippen molar-refractivity contribution in [1.82, 2.24) is 0 Å². The summed E-state index contributed by atoms with van der Waals surface area (Å²) >= 11 is 0. The van der Waals surface area contributed by atoms with Gasteiger partial charge in [-0.25, -0.2) is 8.42 Å². The average molecular weight is 321 g/mol. The molecule has 2 rings (SSSR count). The van der Waals surface area contributed by atoms with Gasteiger partial charge in [0.15, 0.2) is 0 Å². The number of ether oxygens (including phenoxy) is 1. The lowest BCUT2D eigenvalue weighted by molar-refractivity contribution is 0.204. The quantitative estimate of drug-likeness (QED) is 0.886. The molecule has 0 aromatic heterocycles. The molecule has 0 fully saturated rings. The van der Waals surface area contributed by atoms with Crippen LogP contribution in [0.15, 0.2) is 59.5 Å². The second-order valence-electron chi connectivity index (χ2n) is 4.90. The molecule has 0 saturated carbocycles. The summed E-state index contributed by atoms with van der Waals surface area (Å²) in [5.74, 6) is 0.584. The standard InChI is InChI=1S/C16H19NO4S/c1-13(18)12-17(14-6-4-3-5-7-14)22(19,20)16-10-8-15(21-2)9-11-16/h3-11,13,18H,12H2,1-2H3. The highest BCUT2D eigenvalue weighted by Crippen LogP contribution is 2.25. The van der Waals surface area contributed by atoms with Crippen LogP contribution in [0.25, 0.3) is 0 Å². The third-order valence-electron chi connectivity index (χ3n) is 3.12. The minimum atomic E-state index is -3.76.